The Hall–Kier alpha value is -0.795. The van der Waals surface area contributed by atoms with Gasteiger partial charge >= 0.3 is 7.12 Å². The fourth-order valence-electron chi connectivity index (χ4n) is 0.986. The smallest absolute Gasteiger partial charge is 0.405 e. The largest absolute Gasteiger partial charge is 0.489 e. The van der Waals surface area contributed by atoms with Gasteiger partial charge in [0.1, 0.15) is 0 Å². The second-order valence-electron chi connectivity index (χ2n) is 2.60. The zero-order chi connectivity index (χ0) is 8.81. The van der Waals surface area contributed by atoms with E-state index in [4.69, 9.17) is 9.31 Å². The SMILES string of the molecule is C=C/C=C\C=C(/C)B1OCCO1. The van der Waals surface area contributed by atoms with Crippen LogP contribution in [0.15, 0.2) is 36.4 Å². The molecule has 0 saturated carbocycles. The summed E-state index contributed by atoms with van der Waals surface area (Å²) < 4.78 is 10.6. The van der Waals surface area contributed by atoms with E-state index in [1.54, 1.807) is 6.08 Å². The van der Waals surface area contributed by atoms with Gasteiger partial charge in [-0.15, -0.1) is 0 Å². The predicted molar refractivity (Wildman–Crippen MR) is 50.8 cm³/mol. The van der Waals surface area contributed by atoms with Gasteiger partial charge in [0, 0.05) is 0 Å². The molecule has 0 aromatic carbocycles. The van der Waals surface area contributed by atoms with Gasteiger partial charge in [0.2, 0.25) is 0 Å². The zero-order valence-electron chi connectivity index (χ0n) is 7.32. The van der Waals surface area contributed by atoms with Gasteiger partial charge in [0.25, 0.3) is 0 Å². The Kier molecular flexibility index (Phi) is 3.84. The van der Waals surface area contributed by atoms with Crippen LogP contribution in [0.1, 0.15) is 6.92 Å². The van der Waals surface area contributed by atoms with Gasteiger partial charge in [-0.1, -0.05) is 30.9 Å². The Bertz CT molecular complexity index is 203. The van der Waals surface area contributed by atoms with Crippen LogP contribution in [0, 0.1) is 0 Å². The van der Waals surface area contributed by atoms with Crippen LogP contribution in [0.25, 0.3) is 0 Å². The Labute approximate surface area is 73.7 Å². The first-order valence-corrected chi connectivity index (χ1v) is 4.03. The van der Waals surface area contributed by atoms with E-state index in [-0.39, 0.29) is 7.12 Å². The summed E-state index contributed by atoms with van der Waals surface area (Å²) in [5, 5.41) is 0. The van der Waals surface area contributed by atoms with Crippen LogP contribution in [0.3, 0.4) is 0 Å². The van der Waals surface area contributed by atoms with Crippen molar-refractivity contribution < 1.29 is 9.31 Å². The molecule has 0 N–H and O–H groups in total. The van der Waals surface area contributed by atoms with Gasteiger partial charge in [-0.2, -0.15) is 0 Å². The number of hydrogen-bond donors (Lipinski definition) is 0. The molecule has 3 heteroatoms. The molecule has 1 heterocycles. The second-order valence-corrected chi connectivity index (χ2v) is 2.60. The van der Waals surface area contributed by atoms with Crippen LogP contribution in [-0.2, 0) is 9.31 Å². The van der Waals surface area contributed by atoms with E-state index in [9.17, 15) is 0 Å². The molecular formula is C9H13BO2. The molecule has 12 heavy (non-hydrogen) atoms. The van der Waals surface area contributed by atoms with Crippen LogP contribution in [0.4, 0.5) is 0 Å². The predicted octanol–water partition coefficient (Wildman–Crippen LogP) is 1.75. The molecule has 1 aliphatic heterocycles. The van der Waals surface area contributed by atoms with Crippen molar-refractivity contribution in [1.29, 1.82) is 0 Å². The third-order valence-corrected chi connectivity index (χ3v) is 1.60. The van der Waals surface area contributed by atoms with Crippen LogP contribution >= 0.6 is 0 Å². The average molecular weight is 164 g/mol. The fourth-order valence-corrected chi connectivity index (χ4v) is 0.986. The van der Waals surface area contributed by atoms with E-state index in [0.717, 1.165) is 5.47 Å². The highest BCUT2D eigenvalue weighted by atomic mass is 16.6. The summed E-state index contributed by atoms with van der Waals surface area (Å²) in [6, 6.07) is 0. The van der Waals surface area contributed by atoms with Crippen molar-refractivity contribution in [3.8, 4) is 0 Å². The Morgan fingerprint density at radius 3 is 2.58 bits per heavy atom. The molecule has 0 spiro atoms. The zero-order valence-corrected chi connectivity index (χ0v) is 7.32. The standard InChI is InChI=1S/C9H13BO2/c1-3-4-5-6-9(2)10-11-7-8-12-10/h3-6H,1,7-8H2,2H3/b5-4-,9-6+. The number of rotatable bonds is 3. The summed E-state index contributed by atoms with van der Waals surface area (Å²) in [6.07, 6.45) is 7.50. The minimum Gasteiger partial charge on any atom is -0.405 e. The first-order valence-electron chi connectivity index (χ1n) is 4.03. The maximum atomic E-state index is 5.30. The highest BCUT2D eigenvalue weighted by Gasteiger charge is 2.24. The van der Waals surface area contributed by atoms with Crippen molar-refractivity contribution in [1.82, 2.24) is 0 Å². The Balaban J connectivity index is 2.44. The van der Waals surface area contributed by atoms with Gasteiger partial charge in [-0.05, 0) is 12.4 Å². The molecule has 1 rings (SSSR count). The summed E-state index contributed by atoms with van der Waals surface area (Å²) in [4.78, 5) is 0. The van der Waals surface area contributed by atoms with E-state index in [1.807, 2.05) is 25.2 Å². The molecule has 1 aliphatic rings. The van der Waals surface area contributed by atoms with Crippen molar-refractivity contribution in [2.24, 2.45) is 0 Å². The minimum atomic E-state index is -0.139. The topological polar surface area (TPSA) is 18.5 Å². The van der Waals surface area contributed by atoms with Crippen LogP contribution in [0.2, 0.25) is 0 Å². The van der Waals surface area contributed by atoms with Gasteiger partial charge in [0.05, 0.1) is 13.2 Å². The van der Waals surface area contributed by atoms with Gasteiger partial charge in [-0.3, -0.25) is 0 Å². The lowest BCUT2D eigenvalue weighted by Gasteiger charge is -2.01. The van der Waals surface area contributed by atoms with Crippen molar-refractivity contribution in [2.45, 2.75) is 6.92 Å². The molecule has 0 aromatic rings. The molecule has 0 aromatic heterocycles. The summed E-state index contributed by atoms with van der Waals surface area (Å²) in [5.74, 6) is 0. The maximum Gasteiger partial charge on any atom is 0.489 e. The fraction of sp³-hybridized carbons (Fsp3) is 0.333. The quantitative estimate of drug-likeness (QED) is 0.467. The Morgan fingerprint density at radius 1 is 1.33 bits per heavy atom. The lowest BCUT2D eigenvalue weighted by molar-refractivity contribution is 0.365. The molecule has 0 unspecified atom stereocenters. The monoisotopic (exact) mass is 164 g/mol. The first-order chi connectivity index (χ1) is 5.84. The normalized spacial score (nSPS) is 19.1. The minimum absolute atomic E-state index is 0.139. The van der Waals surface area contributed by atoms with Crippen molar-refractivity contribution in [3.63, 3.8) is 0 Å². The molecule has 0 bridgehead atoms. The molecular weight excluding hydrogens is 151 g/mol. The molecule has 1 fully saturated rings. The molecule has 0 amide bonds. The first kappa shape index (κ1) is 9.29. The van der Waals surface area contributed by atoms with E-state index in [0.29, 0.717) is 13.2 Å². The van der Waals surface area contributed by atoms with Crippen molar-refractivity contribution in [3.05, 3.63) is 36.4 Å². The highest BCUT2D eigenvalue weighted by Crippen LogP contribution is 2.08. The second kappa shape index (κ2) is 4.96. The van der Waals surface area contributed by atoms with Crippen LogP contribution in [0.5, 0.6) is 0 Å². The van der Waals surface area contributed by atoms with E-state index < -0.39 is 0 Å². The lowest BCUT2D eigenvalue weighted by Crippen LogP contribution is -2.15. The van der Waals surface area contributed by atoms with Crippen molar-refractivity contribution in [2.75, 3.05) is 13.2 Å². The van der Waals surface area contributed by atoms with E-state index >= 15 is 0 Å². The van der Waals surface area contributed by atoms with E-state index in [1.165, 1.54) is 0 Å². The highest BCUT2D eigenvalue weighted by molar-refractivity contribution is 6.54. The van der Waals surface area contributed by atoms with E-state index in [2.05, 4.69) is 6.58 Å². The molecule has 0 aliphatic carbocycles. The molecule has 1 saturated heterocycles. The van der Waals surface area contributed by atoms with Gasteiger partial charge < -0.3 is 9.31 Å². The summed E-state index contributed by atoms with van der Waals surface area (Å²) in [6.45, 7) is 6.96. The lowest BCUT2D eigenvalue weighted by atomic mass is 9.79. The van der Waals surface area contributed by atoms with Crippen molar-refractivity contribution >= 4 is 7.12 Å². The summed E-state index contributed by atoms with van der Waals surface area (Å²) in [7, 11) is -0.139. The molecule has 0 atom stereocenters. The van der Waals surface area contributed by atoms with Crippen LogP contribution in [-0.4, -0.2) is 20.3 Å². The van der Waals surface area contributed by atoms with Gasteiger partial charge in [0.15, 0.2) is 0 Å². The summed E-state index contributed by atoms with van der Waals surface area (Å²) in [5.41, 5.74) is 1.09. The third kappa shape index (κ3) is 2.68. The third-order valence-electron chi connectivity index (χ3n) is 1.60. The number of hydrogen-bond acceptors (Lipinski definition) is 2. The molecule has 2 nitrogen and oxygen atoms in total. The number of allylic oxidation sites excluding steroid dienone is 5. The molecule has 0 radical (unpaired) electrons. The van der Waals surface area contributed by atoms with Crippen LogP contribution < -0.4 is 0 Å². The molecule has 64 valence electrons. The summed E-state index contributed by atoms with van der Waals surface area (Å²) >= 11 is 0. The van der Waals surface area contributed by atoms with Gasteiger partial charge in [-0.25, -0.2) is 0 Å². The Morgan fingerprint density at radius 2 is 2.00 bits per heavy atom. The maximum absolute atomic E-state index is 5.30. The average Bonchev–Trinajstić information content (AvgIpc) is 2.56.